The van der Waals surface area contributed by atoms with E-state index in [1.54, 1.807) is 0 Å². The highest BCUT2D eigenvalue weighted by atomic mass is 14.9. The lowest BCUT2D eigenvalue weighted by atomic mass is 10.1. The number of benzene rings is 1. The number of nitrogens with zero attached hydrogens (tertiary/aromatic N) is 2. The van der Waals surface area contributed by atoms with Gasteiger partial charge in [0.05, 0.1) is 0 Å². The summed E-state index contributed by atoms with van der Waals surface area (Å²) in [5, 5.41) is 0. The molecule has 1 atom stereocenters. The van der Waals surface area contributed by atoms with Crippen LogP contribution in [0.15, 0.2) is 30.5 Å². The van der Waals surface area contributed by atoms with Crippen LogP contribution >= 0.6 is 0 Å². The molecule has 0 amide bonds. The van der Waals surface area contributed by atoms with Gasteiger partial charge in [0, 0.05) is 29.1 Å². The summed E-state index contributed by atoms with van der Waals surface area (Å²) in [5.41, 5.74) is 10.1. The maximum Gasteiger partial charge on any atom is 0.159 e. The van der Waals surface area contributed by atoms with Gasteiger partial charge in [-0.2, -0.15) is 0 Å². The number of hydrogen-bond acceptors (Lipinski definition) is 3. The van der Waals surface area contributed by atoms with Crippen LogP contribution in [0.25, 0.3) is 11.4 Å². The summed E-state index contributed by atoms with van der Waals surface area (Å²) in [6, 6.07) is 8.09. The average Bonchev–Trinajstić information content (AvgIpc) is 2.29. The number of aromatic nitrogens is 2. The van der Waals surface area contributed by atoms with E-state index in [0.29, 0.717) is 0 Å². The number of rotatable bonds is 2. The zero-order valence-electron chi connectivity index (χ0n) is 10.4. The molecular formula is C14H17N3. The van der Waals surface area contributed by atoms with Gasteiger partial charge < -0.3 is 5.73 Å². The van der Waals surface area contributed by atoms with Crippen LogP contribution in [0.1, 0.15) is 29.8 Å². The summed E-state index contributed by atoms with van der Waals surface area (Å²) in [6.07, 6.45) is 1.83. The fourth-order valence-electron chi connectivity index (χ4n) is 1.88. The Balaban J connectivity index is 2.49. The fraction of sp³-hybridized carbons (Fsp3) is 0.286. The molecule has 88 valence electrons. The van der Waals surface area contributed by atoms with E-state index >= 15 is 0 Å². The van der Waals surface area contributed by atoms with Gasteiger partial charge in [0.25, 0.3) is 0 Å². The second kappa shape index (κ2) is 4.63. The summed E-state index contributed by atoms with van der Waals surface area (Å²) in [7, 11) is 0. The average molecular weight is 227 g/mol. The van der Waals surface area contributed by atoms with Crippen LogP contribution in [-0.2, 0) is 0 Å². The zero-order chi connectivity index (χ0) is 12.4. The first-order valence-electron chi connectivity index (χ1n) is 5.74. The van der Waals surface area contributed by atoms with Gasteiger partial charge in [0.2, 0.25) is 0 Å². The first kappa shape index (κ1) is 11.7. The Morgan fingerprint density at radius 3 is 2.47 bits per heavy atom. The lowest BCUT2D eigenvalue weighted by Gasteiger charge is -2.10. The quantitative estimate of drug-likeness (QED) is 0.858. The molecule has 0 aliphatic heterocycles. The molecule has 0 aliphatic carbocycles. The minimum atomic E-state index is -0.0269. The van der Waals surface area contributed by atoms with Crippen molar-refractivity contribution in [2.75, 3.05) is 0 Å². The molecule has 0 unspecified atom stereocenters. The third kappa shape index (κ3) is 2.34. The van der Waals surface area contributed by atoms with Crippen LogP contribution in [-0.4, -0.2) is 9.97 Å². The highest BCUT2D eigenvalue weighted by Gasteiger charge is 2.09. The van der Waals surface area contributed by atoms with Crippen molar-refractivity contribution in [3.05, 3.63) is 47.3 Å². The molecule has 0 bridgehead atoms. The van der Waals surface area contributed by atoms with Crippen LogP contribution in [0.4, 0.5) is 0 Å². The summed E-state index contributed by atoms with van der Waals surface area (Å²) in [6.45, 7) is 5.98. The van der Waals surface area contributed by atoms with Gasteiger partial charge in [-0.3, -0.25) is 0 Å². The van der Waals surface area contributed by atoms with Gasteiger partial charge in [-0.1, -0.05) is 24.3 Å². The lowest BCUT2D eigenvalue weighted by molar-refractivity contribution is 0.790. The maximum atomic E-state index is 5.85. The van der Waals surface area contributed by atoms with E-state index in [2.05, 4.69) is 23.0 Å². The second-order valence-corrected chi connectivity index (χ2v) is 4.34. The van der Waals surface area contributed by atoms with Crippen molar-refractivity contribution in [1.29, 1.82) is 0 Å². The lowest BCUT2D eigenvalue weighted by Crippen LogP contribution is -2.09. The molecule has 3 heteroatoms. The normalized spacial score (nSPS) is 12.5. The monoisotopic (exact) mass is 227 g/mol. The fourth-order valence-corrected chi connectivity index (χ4v) is 1.88. The van der Waals surface area contributed by atoms with E-state index in [9.17, 15) is 0 Å². The molecule has 1 heterocycles. The van der Waals surface area contributed by atoms with Crippen molar-refractivity contribution in [3.8, 4) is 11.4 Å². The Kier molecular flexibility index (Phi) is 3.20. The topological polar surface area (TPSA) is 51.8 Å². The third-order valence-electron chi connectivity index (χ3n) is 2.89. The molecule has 17 heavy (non-hydrogen) atoms. The first-order valence-corrected chi connectivity index (χ1v) is 5.74. The van der Waals surface area contributed by atoms with Gasteiger partial charge in [0.15, 0.2) is 5.82 Å². The van der Waals surface area contributed by atoms with Crippen LogP contribution in [0.5, 0.6) is 0 Å². The van der Waals surface area contributed by atoms with E-state index in [1.165, 1.54) is 5.56 Å². The number of nitrogens with two attached hydrogens (primary N) is 1. The highest BCUT2D eigenvalue weighted by molar-refractivity contribution is 5.59. The molecule has 0 fully saturated rings. The van der Waals surface area contributed by atoms with E-state index in [1.807, 2.05) is 38.2 Å². The van der Waals surface area contributed by atoms with Crippen molar-refractivity contribution < 1.29 is 0 Å². The van der Waals surface area contributed by atoms with Gasteiger partial charge in [-0.25, -0.2) is 9.97 Å². The first-order chi connectivity index (χ1) is 8.09. The molecule has 3 nitrogen and oxygen atoms in total. The van der Waals surface area contributed by atoms with Crippen LogP contribution in [0.3, 0.4) is 0 Å². The smallest absolute Gasteiger partial charge is 0.159 e. The third-order valence-corrected chi connectivity index (χ3v) is 2.89. The van der Waals surface area contributed by atoms with Gasteiger partial charge in [-0.15, -0.1) is 0 Å². The molecule has 2 aromatic rings. The van der Waals surface area contributed by atoms with Crippen LogP contribution in [0.2, 0.25) is 0 Å². The molecule has 0 saturated carbocycles. The molecule has 2 N–H and O–H groups in total. The second-order valence-electron chi connectivity index (χ2n) is 4.34. The van der Waals surface area contributed by atoms with Crippen molar-refractivity contribution in [2.24, 2.45) is 5.73 Å². The minimum absolute atomic E-state index is 0.0269. The van der Waals surface area contributed by atoms with Crippen LogP contribution < -0.4 is 5.73 Å². The Labute approximate surface area is 102 Å². The van der Waals surface area contributed by atoms with Gasteiger partial charge in [0.1, 0.15) is 0 Å². The molecule has 2 rings (SSSR count). The Hall–Kier alpha value is -1.74. The van der Waals surface area contributed by atoms with Crippen molar-refractivity contribution in [3.63, 3.8) is 0 Å². The largest absolute Gasteiger partial charge is 0.324 e. The summed E-state index contributed by atoms with van der Waals surface area (Å²) >= 11 is 0. The van der Waals surface area contributed by atoms with E-state index in [-0.39, 0.29) is 6.04 Å². The molecule has 1 aromatic heterocycles. The van der Waals surface area contributed by atoms with Crippen molar-refractivity contribution in [1.82, 2.24) is 9.97 Å². The van der Waals surface area contributed by atoms with Gasteiger partial charge >= 0.3 is 0 Å². The summed E-state index contributed by atoms with van der Waals surface area (Å²) < 4.78 is 0. The summed E-state index contributed by atoms with van der Waals surface area (Å²) in [5.74, 6) is 0.769. The van der Waals surface area contributed by atoms with Crippen molar-refractivity contribution in [2.45, 2.75) is 26.8 Å². The highest BCUT2D eigenvalue weighted by Crippen LogP contribution is 2.21. The predicted molar refractivity (Wildman–Crippen MR) is 69.5 cm³/mol. The predicted octanol–water partition coefficient (Wildman–Crippen LogP) is 2.78. The molecule has 0 aliphatic rings. The molecule has 0 spiro atoms. The number of hydrogen-bond donors (Lipinski definition) is 1. The Morgan fingerprint density at radius 2 is 1.88 bits per heavy atom. The Bertz CT molecular complexity index is 533. The molecular weight excluding hydrogens is 210 g/mol. The molecule has 1 aromatic carbocycles. The molecule has 0 saturated heterocycles. The van der Waals surface area contributed by atoms with Crippen molar-refractivity contribution >= 4 is 0 Å². The van der Waals surface area contributed by atoms with E-state index < -0.39 is 0 Å². The maximum absolute atomic E-state index is 5.85. The summed E-state index contributed by atoms with van der Waals surface area (Å²) in [4.78, 5) is 8.94. The SMILES string of the molecule is Cc1ccccc1-c1ncc([C@@H](C)N)c(C)n1. The number of aryl methyl sites for hydroxylation is 2. The van der Waals surface area contributed by atoms with E-state index in [0.717, 1.165) is 22.6 Å². The standard InChI is InChI=1S/C14H17N3/c1-9-6-4-5-7-12(9)14-16-8-13(10(2)15)11(3)17-14/h4-8,10H,15H2,1-3H3/t10-/m1/s1. The Morgan fingerprint density at radius 1 is 1.18 bits per heavy atom. The van der Waals surface area contributed by atoms with Crippen LogP contribution in [0, 0.1) is 13.8 Å². The molecule has 0 radical (unpaired) electrons. The van der Waals surface area contributed by atoms with Gasteiger partial charge in [-0.05, 0) is 26.3 Å². The minimum Gasteiger partial charge on any atom is -0.324 e. The zero-order valence-corrected chi connectivity index (χ0v) is 10.4. The van der Waals surface area contributed by atoms with E-state index in [4.69, 9.17) is 5.73 Å².